The van der Waals surface area contributed by atoms with E-state index in [1.807, 2.05) is 6.07 Å². The molecule has 0 saturated heterocycles. The van der Waals surface area contributed by atoms with E-state index in [1.54, 1.807) is 29.1 Å². The van der Waals surface area contributed by atoms with Gasteiger partial charge in [0.2, 0.25) is 5.91 Å². The van der Waals surface area contributed by atoms with E-state index in [9.17, 15) is 28.0 Å². The van der Waals surface area contributed by atoms with Crippen molar-refractivity contribution in [3.63, 3.8) is 0 Å². The molecule has 0 spiro atoms. The molecule has 9 nitrogen and oxygen atoms in total. The lowest BCUT2D eigenvalue weighted by molar-refractivity contribution is -0.144. The Morgan fingerprint density at radius 2 is 2.03 bits per heavy atom. The van der Waals surface area contributed by atoms with Crippen LogP contribution in [0.15, 0.2) is 24.4 Å². The van der Waals surface area contributed by atoms with E-state index in [2.05, 4.69) is 25.7 Å². The number of nitrogens with zero attached hydrogens (tertiary/aromatic N) is 4. The molecule has 35 heavy (non-hydrogen) atoms. The standard InChI is InChI=1S/C23H24F3N7O2/c24-23(25,26)7-6-20(34)28-10-15-4-5-17-18(8-15)31-19(30-17)11-29-22(35)21-16(9-27)13-33(32-21)12-14-2-1-3-14/h4-5,8,13-14H,1-3,6-7,10-12H2,(H,28,34)(H,29,35)(H,30,31). The van der Waals surface area contributed by atoms with Gasteiger partial charge in [0.05, 0.1) is 24.0 Å². The topological polar surface area (TPSA) is 128 Å². The van der Waals surface area contributed by atoms with Crippen LogP contribution >= 0.6 is 0 Å². The number of alkyl halides is 3. The van der Waals surface area contributed by atoms with Crippen LogP contribution in [0.2, 0.25) is 0 Å². The highest BCUT2D eigenvalue weighted by Crippen LogP contribution is 2.28. The van der Waals surface area contributed by atoms with Crippen molar-refractivity contribution in [2.45, 2.75) is 57.9 Å². The lowest BCUT2D eigenvalue weighted by Gasteiger charge is -2.24. The number of aromatic amines is 1. The second-order valence-electron chi connectivity index (χ2n) is 8.63. The Morgan fingerprint density at radius 3 is 2.71 bits per heavy atom. The molecule has 0 radical (unpaired) electrons. The van der Waals surface area contributed by atoms with Gasteiger partial charge in [0.1, 0.15) is 17.5 Å². The lowest BCUT2D eigenvalue weighted by Crippen LogP contribution is -2.25. The molecule has 1 aliphatic carbocycles. The molecule has 3 aromatic rings. The first kappa shape index (κ1) is 24.3. The van der Waals surface area contributed by atoms with Gasteiger partial charge in [0.15, 0.2) is 5.69 Å². The summed E-state index contributed by atoms with van der Waals surface area (Å²) in [4.78, 5) is 31.7. The number of benzene rings is 1. The van der Waals surface area contributed by atoms with Crippen LogP contribution in [0.3, 0.4) is 0 Å². The van der Waals surface area contributed by atoms with Crippen LogP contribution < -0.4 is 10.6 Å². The Bertz CT molecular complexity index is 1270. The van der Waals surface area contributed by atoms with Crippen molar-refractivity contribution in [1.82, 2.24) is 30.4 Å². The summed E-state index contributed by atoms with van der Waals surface area (Å²) in [5.74, 6) is -0.142. The quantitative estimate of drug-likeness (QED) is 0.427. The van der Waals surface area contributed by atoms with E-state index in [0.29, 0.717) is 34.9 Å². The van der Waals surface area contributed by atoms with Gasteiger partial charge in [-0.3, -0.25) is 14.3 Å². The number of halogens is 3. The van der Waals surface area contributed by atoms with Gasteiger partial charge in [0.25, 0.3) is 5.91 Å². The van der Waals surface area contributed by atoms with Crippen molar-refractivity contribution < 1.29 is 22.8 Å². The first-order valence-corrected chi connectivity index (χ1v) is 11.3. The smallest absolute Gasteiger partial charge is 0.352 e. The van der Waals surface area contributed by atoms with Crippen molar-refractivity contribution in [2.24, 2.45) is 5.92 Å². The fraction of sp³-hybridized carbons (Fsp3) is 0.435. The SMILES string of the molecule is N#Cc1cn(CC2CCC2)nc1C(=O)NCc1nc2ccc(CNC(=O)CCC(F)(F)F)cc2[nH]1. The summed E-state index contributed by atoms with van der Waals surface area (Å²) in [7, 11) is 0. The third kappa shape index (κ3) is 6.38. The van der Waals surface area contributed by atoms with Gasteiger partial charge in [-0.1, -0.05) is 12.5 Å². The highest BCUT2D eigenvalue weighted by molar-refractivity contribution is 5.94. The molecule has 2 heterocycles. The first-order valence-electron chi connectivity index (χ1n) is 11.3. The zero-order valence-electron chi connectivity index (χ0n) is 18.8. The average Bonchev–Trinajstić information content (AvgIpc) is 3.39. The Hall–Kier alpha value is -3.88. The van der Waals surface area contributed by atoms with Crippen LogP contribution in [0.4, 0.5) is 13.2 Å². The highest BCUT2D eigenvalue weighted by atomic mass is 19.4. The maximum Gasteiger partial charge on any atom is 0.389 e. The molecule has 1 aromatic carbocycles. The predicted molar refractivity (Wildman–Crippen MR) is 119 cm³/mol. The largest absolute Gasteiger partial charge is 0.389 e. The fourth-order valence-electron chi connectivity index (χ4n) is 3.80. The zero-order chi connectivity index (χ0) is 25.0. The molecular formula is C23H24F3N7O2. The summed E-state index contributed by atoms with van der Waals surface area (Å²) < 4.78 is 38.3. The number of hydrogen-bond donors (Lipinski definition) is 3. The molecule has 0 bridgehead atoms. The molecule has 1 aliphatic rings. The number of nitriles is 1. The Labute approximate surface area is 198 Å². The van der Waals surface area contributed by atoms with Crippen molar-refractivity contribution in [2.75, 3.05) is 0 Å². The minimum Gasteiger partial charge on any atom is -0.352 e. The third-order valence-corrected chi connectivity index (χ3v) is 5.90. The molecule has 1 saturated carbocycles. The number of carbonyl (C=O) groups is 2. The van der Waals surface area contributed by atoms with Crippen molar-refractivity contribution in [3.8, 4) is 6.07 Å². The van der Waals surface area contributed by atoms with Gasteiger partial charge in [-0.15, -0.1) is 0 Å². The van der Waals surface area contributed by atoms with Gasteiger partial charge in [-0.25, -0.2) is 4.98 Å². The maximum atomic E-state index is 12.6. The molecule has 0 atom stereocenters. The monoisotopic (exact) mass is 487 g/mol. The molecule has 0 aliphatic heterocycles. The van der Waals surface area contributed by atoms with E-state index in [1.165, 1.54) is 6.42 Å². The van der Waals surface area contributed by atoms with E-state index in [4.69, 9.17) is 0 Å². The molecule has 184 valence electrons. The van der Waals surface area contributed by atoms with Crippen molar-refractivity contribution >= 4 is 22.8 Å². The molecule has 0 unspecified atom stereocenters. The number of nitrogens with one attached hydrogen (secondary N) is 3. The van der Waals surface area contributed by atoms with Crippen LogP contribution in [0.1, 0.15) is 59.5 Å². The molecule has 4 rings (SSSR count). The number of fused-ring (bicyclic) bond motifs is 1. The van der Waals surface area contributed by atoms with Crippen molar-refractivity contribution in [3.05, 3.63) is 47.0 Å². The van der Waals surface area contributed by atoms with Gasteiger partial charge in [-0.05, 0) is 36.5 Å². The fourth-order valence-corrected chi connectivity index (χ4v) is 3.80. The normalized spacial score (nSPS) is 13.9. The summed E-state index contributed by atoms with van der Waals surface area (Å²) in [5.41, 5.74) is 2.26. The van der Waals surface area contributed by atoms with Gasteiger partial charge >= 0.3 is 6.18 Å². The predicted octanol–water partition coefficient (Wildman–Crippen LogP) is 3.32. The third-order valence-electron chi connectivity index (χ3n) is 5.90. The molecular weight excluding hydrogens is 463 g/mol. The average molecular weight is 487 g/mol. The summed E-state index contributed by atoms with van der Waals surface area (Å²) in [6.45, 7) is 0.853. The molecule has 12 heteroatoms. The van der Waals surface area contributed by atoms with Crippen LogP contribution in [-0.2, 0) is 24.4 Å². The molecule has 2 aromatic heterocycles. The van der Waals surface area contributed by atoms with Crippen LogP contribution in [-0.4, -0.2) is 37.7 Å². The number of amides is 2. The van der Waals surface area contributed by atoms with E-state index >= 15 is 0 Å². The second kappa shape index (κ2) is 10.2. The summed E-state index contributed by atoms with van der Waals surface area (Å²) >= 11 is 0. The van der Waals surface area contributed by atoms with Gasteiger partial charge < -0.3 is 15.6 Å². The zero-order valence-corrected chi connectivity index (χ0v) is 18.8. The maximum absolute atomic E-state index is 12.6. The number of carbonyl (C=O) groups excluding carboxylic acids is 2. The second-order valence-corrected chi connectivity index (χ2v) is 8.63. The Kier molecular flexibility index (Phi) is 7.04. The number of H-pyrrole nitrogens is 1. The molecule has 2 amide bonds. The minimum atomic E-state index is -4.37. The highest BCUT2D eigenvalue weighted by Gasteiger charge is 2.27. The van der Waals surface area contributed by atoms with Gasteiger partial charge in [0, 0.05) is 25.7 Å². The number of rotatable bonds is 9. The van der Waals surface area contributed by atoms with Crippen LogP contribution in [0.25, 0.3) is 11.0 Å². The molecule has 1 fully saturated rings. The van der Waals surface area contributed by atoms with E-state index in [-0.39, 0.29) is 24.3 Å². The first-order chi connectivity index (χ1) is 16.7. The Balaban J connectivity index is 1.33. The number of imidazole rings is 1. The Morgan fingerprint density at radius 1 is 1.23 bits per heavy atom. The summed E-state index contributed by atoms with van der Waals surface area (Å²) in [6, 6.07) is 7.17. The summed E-state index contributed by atoms with van der Waals surface area (Å²) in [6.07, 6.45) is -1.11. The van der Waals surface area contributed by atoms with Crippen LogP contribution in [0.5, 0.6) is 0 Å². The molecule has 3 N–H and O–H groups in total. The van der Waals surface area contributed by atoms with E-state index < -0.39 is 30.8 Å². The van der Waals surface area contributed by atoms with Crippen molar-refractivity contribution in [1.29, 1.82) is 5.26 Å². The number of aromatic nitrogens is 4. The van der Waals surface area contributed by atoms with E-state index in [0.717, 1.165) is 12.8 Å². The lowest BCUT2D eigenvalue weighted by atomic mass is 9.85. The van der Waals surface area contributed by atoms with Crippen LogP contribution in [0, 0.1) is 17.2 Å². The minimum absolute atomic E-state index is 0.0754. The van der Waals surface area contributed by atoms with Gasteiger partial charge in [-0.2, -0.15) is 23.5 Å². The summed E-state index contributed by atoms with van der Waals surface area (Å²) in [5, 5.41) is 18.8. The number of hydrogen-bond acceptors (Lipinski definition) is 5.